The quantitative estimate of drug-likeness (QED) is 0.863. The summed E-state index contributed by atoms with van der Waals surface area (Å²) in [7, 11) is 1.65. The van der Waals surface area contributed by atoms with E-state index in [1.54, 1.807) is 25.5 Å². The Labute approximate surface area is 112 Å². The van der Waals surface area contributed by atoms with E-state index in [1.807, 2.05) is 24.3 Å². The van der Waals surface area contributed by atoms with Crippen molar-refractivity contribution in [3.63, 3.8) is 0 Å². The van der Waals surface area contributed by atoms with Crippen molar-refractivity contribution in [3.8, 4) is 11.8 Å². The zero-order valence-corrected chi connectivity index (χ0v) is 10.8. The van der Waals surface area contributed by atoms with Crippen LogP contribution in [0.3, 0.4) is 0 Å². The van der Waals surface area contributed by atoms with Crippen LogP contribution in [0.5, 0.6) is 5.75 Å². The molecule has 0 fully saturated rings. The first-order chi connectivity index (χ1) is 9.33. The molecule has 0 aliphatic heterocycles. The van der Waals surface area contributed by atoms with E-state index in [0.29, 0.717) is 12.3 Å². The second-order valence-electron chi connectivity index (χ2n) is 4.13. The molecule has 1 heterocycles. The number of nitrogens with one attached hydrogen (secondary N) is 1. The number of benzene rings is 1. The van der Waals surface area contributed by atoms with Crippen molar-refractivity contribution in [3.05, 3.63) is 54.0 Å². The predicted molar refractivity (Wildman–Crippen MR) is 71.8 cm³/mol. The van der Waals surface area contributed by atoms with Gasteiger partial charge in [0.1, 0.15) is 11.5 Å². The van der Waals surface area contributed by atoms with Gasteiger partial charge in [-0.1, -0.05) is 12.1 Å². The van der Waals surface area contributed by atoms with Crippen molar-refractivity contribution in [2.45, 2.75) is 12.5 Å². The van der Waals surface area contributed by atoms with Crippen molar-refractivity contribution in [1.82, 2.24) is 5.32 Å². The largest absolute Gasteiger partial charge is 0.497 e. The van der Waals surface area contributed by atoms with Crippen LogP contribution < -0.4 is 10.1 Å². The Hall–Kier alpha value is -2.25. The maximum absolute atomic E-state index is 9.07. The summed E-state index contributed by atoms with van der Waals surface area (Å²) in [5.74, 6) is 1.50. The lowest BCUT2D eigenvalue weighted by Crippen LogP contribution is -2.22. The summed E-state index contributed by atoms with van der Waals surface area (Å²) >= 11 is 0. The first-order valence-corrected chi connectivity index (χ1v) is 6.13. The molecule has 4 heteroatoms. The summed E-state index contributed by atoms with van der Waals surface area (Å²) in [6.07, 6.45) is 2.42. The van der Waals surface area contributed by atoms with E-state index < -0.39 is 6.04 Å². The molecule has 0 amide bonds. The highest BCUT2D eigenvalue weighted by Gasteiger charge is 2.11. The van der Waals surface area contributed by atoms with Gasteiger partial charge in [0.05, 0.1) is 19.4 Å². The third-order valence-corrected chi connectivity index (χ3v) is 2.88. The van der Waals surface area contributed by atoms with Crippen LogP contribution in [-0.2, 0) is 6.42 Å². The first-order valence-electron chi connectivity index (χ1n) is 6.13. The van der Waals surface area contributed by atoms with Gasteiger partial charge in [-0.25, -0.2) is 0 Å². The van der Waals surface area contributed by atoms with Crippen molar-refractivity contribution >= 4 is 0 Å². The molecule has 0 saturated heterocycles. The Morgan fingerprint density at radius 3 is 2.68 bits per heavy atom. The molecule has 19 heavy (non-hydrogen) atoms. The van der Waals surface area contributed by atoms with E-state index in [9.17, 15) is 0 Å². The van der Waals surface area contributed by atoms with Crippen molar-refractivity contribution in [2.75, 3.05) is 13.7 Å². The molecule has 1 aromatic heterocycles. The minimum atomic E-state index is -0.395. The summed E-state index contributed by atoms with van der Waals surface area (Å²) < 4.78 is 10.3. The fraction of sp³-hybridized carbons (Fsp3) is 0.267. The highest BCUT2D eigenvalue weighted by molar-refractivity contribution is 5.27. The molecule has 0 saturated carbocycles. The normalized spacial score (nSPS) is 11.8. The molecule has 1 aromatic carbocycles. The van der Waals surface area contributed by atoms with Gasteiger partial charge in [-0.3, -0.25) is 5.32 Å². The Morgan fingerprint density at radius 2 is 2.11 bits per heavy atom. The molecule has 1 N–H and O–H groups in total. The van der Waals surface area contributed by atoms with E-state index in [1.165, 1.54) is 5.56 Å². The van der Waals surface area contributed by atoms with Crippen LogP contribution in [0.4, 0.5) is 0 Å². The molecular weight excluding hydrogens is 240 g/mol. The summed E-state index contributed by atoms with van der Waals surface area (Å²) in [6.45, 7) is 0.714. The maximum atomic E-state index is 9.07. The number of nitrogens with zero attached hydrogens (tertiary/aromatic N) is 1. The van der Waals surface area contributed by atoms with E-state index in [-0.39, 0.29) is 0 Å². The van der Waals surface area contributed by atoms with Gasteiger partial charge in [0.25, 0.3) is 0 Å². The average molecular weight is 256 g/mol. The van der Waals surface area contributed by atoms with E-state index in [4.69, 9.17) is 14.4 Å². The van der Waals surface area contributed by atoms with Gasteiger partial charge in [0, 0.05) is 6.54 Å². The molecule has 1 unspecified atom stereocenters. The lowest BCUT2D eigenvalue weighted by atomic mass is 10.1. The number of hydrogen-bond donors (Lipinski definition) is 1. The fourth-order valence-electron chi connectivity index (χ4n) is 1.82. The first kappa shape index (κ1) is 13.2. The number of hydrogen-bond acceptors (Lipinski definition) is 4. The molecule has 2 aromatic rings. The Morgan fingerprint density at radius 1 is 1.32 bits per heavy atom. The zero-order valence-electron chi connectivity index (χ0n) is 10.8. The van der Waals surface area contributed by atoms with Crippen LogP contribution in [0.25, 0.3) is 0 Å². The van der Waals surface area contributed by atoms with Gasteiger partial charge in [0.15, 0.2) is 6.04 Å². The van der Waals surface area contributed by atoms with Gasteiger partial charge in [-0.2, -0.15) is 5.26 Å². The van der Waals surface area contributed by atoms with Crippen LogP contribution in [-0.4, -0.2) is 13.7 Å². The summed E-state index contributed by atoms with van der Waals surface area (Å²) in [5, 5.41) is 12.2. The van der Waals surface area contributed by atoms with Gasteiger partial charge in [0.2, 0.25) is 0 Å². The standard InChI is InChI=1S/C15H16N2O2/c1-18-13-6-4-12(5-7-13)8-9-17-14(11-16)15-3-2-10-19-15/h2-7,10,14,17H,8-9H2,1H3. The Kier molecular flexibility index (Phi) is 4.60. The lowest BCUT2D eigenvalue weighted by Gasteiger charge is -2.09. The Balaban J connectivity index is 1.84. The number of nitriles is 1. The number of rotatable bonds is 6. The molecule has 0 aliphatic carbocycles. The molecule has 0 spiro atoms. The molecule has 98 valence electrons. The highest BCUT2D eigenvalue weighted by atomic mass is 16.5. The van der Waals surface area contributed by atoms with Crippen molar-refractivity contribution < 1.29 is 9.15 Å². The minimum absolute atomic E-state index is 0.395. The maximum Gasteiger partial charge on any atom is 0.154 e. The molecule has 0 bridgehead atoms. The van der Waals surface area contributed by atoms with Gasteiger partial charge in [-0.05, 0) is 36.2 Å². The lowest BCUT2D eigenvalue weighted by molar-refractivity contribution is 0.414. The number of furan rings is 1. The van der Waals surface area contributed by atoms with Crippen LogP contribution in [0.2, 0.25) is 0 Å². The molecule has 1 atom stereocenters. The van der Waals surface area contributed by atoms with Crippen LogP contribution >= 0.6 is 0 Å². The van der Waals surface area contributed by atoms with Crippen LogP contribution in [0.1, 0.15) is 17.4 Å². The molecule has 4 nitrogen and oxygen atoms in total. The summed E-state index contributed by atoms with van der Waals surface area (Å²) in [5.41, 5.74) is 1.20. The van der Waals surface area contributed by atoms with Crippen molar-refractivity contribution in [2.24, 2.45) is 0 Å². The van der Waals surface area contributed by atoms with Crippen LogP contribution in [0.15, 0.2) is 47.1 Å². The van der Waals surface area contributed by atoms with E-state index in [0.717, 1.165) is 12.2 Å². The van der Waals surface area contributed by atoms with Crippen molar-refractivity contribution in [1.29, 1.82) is 5.26 Å². The van der Waals surface area contributed by atoms with E-state index in [2.05, 4.69) is 11.4 Å². The fourth-order valence-corrected chi connectivity index (χ4v) is 1.82. The second-order valence-corrected chi connectivity index (χ2v) is 4.13. The number of ether oxygens (including phenoxy) is 1. The second kappa shape index (κ2) is 6.62. The molecule has 2 rings (SSSR count). The highest BCUT2D eigenvalue weighted by Crippen LogP contribution is 2.13. The predicted octanol–water partition coefficient (Wildman–Crippen LogP) is 2.69. The molecule has 0 aliphatic rings. The monoisotopic (exact) mass is 256 g/mol. The number of methoxy groups -OCH3 is 1. The molecular formula is C15H16N2O2. The average Bonchev–Trinajstić information content (AvgIpc) is 2.98. The summed E-state index contributed by atoms with van der Waals surface area (Å²) in [4.78, 5) is 0. The Bertz CT molecular complexity index is 526. The zero-order chi connectivity index (χ0) is 13.5. The smallest absolute Gasteiger partial charge is 0.154 e. The van der Waals surface area contributed by atoms with Crippen LogP contribution in [0, 0.1) is 11.3 Å². The summed E-state index contributed by atoms with van der Waals surface area (Å²) in [6, 6.07) is 13.3. The minimum Gasteiger partial charge on any atom is -0.497 e. The van der Waals surface area contributed by atoms with E-state index >= 15 is 0 Å². The third kappa shape index (κ3) is 3.60. The SMILES string of the molecule is COc1ccc(CCNC(C#N)c2ccco2)cc1. The topological polar surface area (TPSA) is 58.2 Å². The third-order valence-electron chi connectivity index (χ3n) is 2.88. The van der Waals surface area contributed by atoms with Gasteiger partial charge in [-0.15, -0.1) is 0 Å². The molecule has 0 radical (unpaired) electrons. The van der Waals surface area contributed by atoms with Gasteiger partial charge < -0.3 is 9.15 Å². The van der Waals surface area contributed by atoms with Gasteiger partial charge >= 0.3 is 0 Å².